The molecule has 2 aromatic rings. The van der Waals surface area contributed by atoms with Gasteiger partial charge in [0.15, 0.2) is 0 Å². The van der Waals surface area contributed by atoms with Crippen LogP contribution in [0.2, 0.25) is 0 Å². The smallest absolute Gasteiger partial charge is 0.255 e. The maximum atomic E-state index is 12.9. The number of benzene rings is 2. The van der Waals surface area contributed by atoms with E-state index in [9.17, 15) is 19.8 Å². The molecule has 0 aromatic heterocycles. The third kappa shape index (κ3) is 3.69. The number of fused-ring (bicyclic) bond motifs is 1. The number of aliphatic hydroxyl groups is 2. The third-order valence-corrected chi connectivity index (χ3v) is 5.66. The summed E-state index contributed by atoms with van der Waals surface area (Å²) in [5.74, 6) is 0.231. The lowest BCUT2D eigenvalue weighted by Crippen LogP contribution is -2.49. The maximum absolute atomic E-state index is 12.9. The van der Waals surface area contributed by atoms with E-state index in [1.54, 1.807) is 29.2 Å². The molecular weight excluding hydrogens is 384 g/mol. The second-order valence-corrected chi connectivity index (χ2v) is 7.57. The molecule has 0 aliphatic carbocycles. The van der Waals surface area contributed by atoms with Crippen molar-refractivity contribution >= 4 is 11.8 Å². The minimum Gasteiger partial charge on any atom is -0.489 e. The molecule has 0 saturated carbocycles. The van der Waals surface area contributed by atoms with Crippen molar-refractivity contribution in [1.29, 1.82) is 0 Å². The predicted octanol–water partition coefficient (Wildman–Crippen LogP) is 2.00. The Balaban J connectivity index is 1.52. The first-order chi connectivity index (χ1) is 14.5. The minimum absolute atomic E-state index is 0.136. The van der Waals surface area contributed by atoms with E-state index >= 15 is 0 Å². The van der Waals surface area contributed by atoms with Crippen LogP contribution in [0.15, 0.2) is 48.7 Å². The van der Waals surface area contributed by atoms with Gasteiger partial charge in [0.05, 0.1) is 19.8 Å². The van der Waals surface area contributed by atoms with Crippen molar-refractivity contribution in [2.75, 3.05) is 0 Å². The minimum atomic E-state index is -0.513. The summed E-state index contributed by atoms with van der Waals surface area (Å²) in [6.45, 7) is 4.07. The number of aliphatic hydroxyl groups excluding tert-OH is 2. The summed E-state index contributed by atoms with van der Waals surface area (Å²) in [4.78, 5) is 26.9. The van der Waals surface area contributed by atoms with Crippen molar-refractivity contribution in [3.05, 3.63) is 76.5 Å². The lowest BCUT2D eigenvalue weighted by molar-refractivity contribution is -0.126. The van der Waals surface area contributed by atoms with Crippen molar-refractivity contribution in [3.63, 3.8) is 0 Å². The molecule has 2 aliphatic heterocycles. The molecule has 7 heteroatoms. The van der Waals surface area contributed by atoms with Gasteiger partial charge < -0.3 is 25.2 Å². The zero-order valence-corrected chi connectivity index (χ0v) is 16.6. The Kier molecular flexibility index (Phi) is 5.57. The van der Waals surface area contributed by atoms with Crippen LogP contribution in [-0.2, 0) is 31.2 Å². The van der Waals surface area contributed by atoms with Crippen LogP contribution in [0.1, 0.15) is 45.5 Å². The van der Waals surface area contributed by atoms with Gasteiger partial charge in [0.1, 0.15) is 18.4 Å². The summed E-state index contributed by atoms with van der Waals surface area (Å²) >= 11 is 0. The summed E-state index contributed by atoms with van der Waals surface area (Å²) in [7, 11) is 0. The van der Waals surface area contributed by atoms with Gasteiger partial charge in [0.25, 0.3) is 5.91 Å². The van der Waals surface area contributed by atoms with Crippen LogP contribution in [0.25, 0.3) is 0 Å². The van der Waals surface area contributed by atoms with Gasteiger partial charge >= 0.3 is 0 Å². The molecular formula is C23H24N2O5. The number of hydrogen-bond acceptors (Lipinski definition) is 5. The summed E-state index contributed by atoms with van der Waals surface area (Å²) in [5.41, 5.74) is 4.18. The van der Waals surface area contributed by atoms with E-state index in [0.717, 1.165) is 11.1 Å². The van der Waals surface area contributed by atoms with Gasteiger partial charge in [-0.2, -0.15) is 0 Å². The second kappa shape index (κ2) is 8.30. The summed E-state index contributed by atoms with van der Waals surface area (Å²) in [6, 6.07) is 10.2. The zero-order chi connectivity index (χ0) is 21.3. The number of amides is 2. The lowest BCUT2D eigenvalue weighted by atomic mass is 10.0. The molecule has 3 N–H and O–H groups in total. The number of carbonyl (C=O) groups excluding carboxylic acids is 2. The highest BCUT2D eigenvalue weighted by atomic mass is 16.5. The first-order valence-electron chi connectivity index (χ1n) is 9.88. The van der Waals surface area contributed by atoms with Crippen LogP contribution in [0.4, 0.5) is 0 Å². The molecule has 1 unspecified atom stereocenters. The number of hydrogen-bond donors (Lipinski definition) is 3. The molecule has 0 bridgehead atoms. The molecule has 0 radical (unpaired) electrons. The predicted molar refractivity (Wildman–Crippen MR) is 109 cm³/mol. The number of carbonyl (C=O) groups is 2. The number of nitrogens with one attached hydrogen (secondary N) is 1. The number of piperidine rings is 1. The standard InChI is InChI=1S/C23H24N2O5/c1-14-5-8-20(22(28)24-14)25-10-19-18(23(25)29)3-2-4-21(19)30-13-15-6-7-16(11-26)17(9-15)12-27/h2-4,6-7,9,20,26-27H,1,5,8,10-13H2,(H,24,28). The molecule has 2 amide bonds. The summed E-state index contributed by atoms with van der Waals surface area (Å²) in [6.07, 6.45) is 1.21. The van der Waals surface area contributed by atoms with Gasteiger partial charge in [-0.25, -0.2) is 0 Å². The second-order valence-electron chi connectivity index (χ2n) is 7.57. The topological polar surface area (TPSA) is 99.1 Å². The first kappa shape index (κ1) is 20.1. The van der Waals surface area contributed by atoms with E-state index in [0.29, 0.717) is 47.5 Å². The SMILES string of the molecule is C=C1CCC(N2Cc3c(OCc4ccc(CO)c(CO)c4)cccc3C2=O)C(=O)N1. The zero-order valence-electron chi connectivity index (χ0n) is 16.6. The molecule has 2 aromatic carbocycles. The maximum Gasteiger partial charge on any atom is 0.255 e. The van der Waals surface area contributed by atoms with Crippen molar-refractivity contribution in [2.45, 2.75) is 45.2 Å². The van der Waals surface area contributed by atoms with E-state index in [2.05, 4.69) is 11.9 Å². The summed E-state index contributed by atoms with van der Waals surface area (Å²) < 4.78 is 6.00. The van der Waals surface area contributed by atoms with Crippen LogP contribution < -0.4 is 10.1 Å². The van der Waals surface area contributed by atoms with Gasteiger partial charge in [-0.1, -0.05) is 24.8 Å². The van der Waals surface area contributed by atoms with Crippen LogP contribution in [0.3, 0.4) is 0 Å². The molecule has 4 rings (SSSR count). The van der Waals surface area contributed by atoms with Crippen molar-refractivity contribution in [2.24, 2.45) is 0 Å². The van der Waals surface area contributed by atoms with Crippen LogP contribution in [-0.4, -0.2) is 33.0 Å². The van der Waals surface area contributed by atoms with Crippen molar-refractivity contribution in [1.82, 2.24) is 10.2 Å². The van der Waals surface area contributed by atoms with E-state index in [1.165, 1.54) is 0 Å². The average molecular weight is 408 g/mol. The van der Waals surface area contributed by atoms with E-state index in [4.69, 9.17) is 4.74 Å². The van der Waals surface area contributed by atoms with Gasteiger partial charge in [0.2, 0.25) is 5.91 Å². The molecule has 2 aliphatic rings. The quantitative estimate of drug-likeness (QED) is 0.679. The molecule has 1 saturated heterocycles. The van der Waals surface area contributed by atoms with Crippen LogP contribution >= 0.6 is 0 Å². The molecule has 7 nitrogen and oxygen atoms in total. The Morgan fingerprint density at radius 3 is 2.67 bits per heavy atom. The summed E-state index contributed by atoms with van der Waals surface area (Å²) in [5, 5.41) is 21.5. The van der Waals surface area contributed by atoms with Crippen LogP contribution in [0.5, 0.6) is 5.75 Å². The molecule has 2 heterocycles. The fourth-order valence-corrected chi connectivity index (χ4v) is 4.00. The highest BCUT2D eigenvalue weighted by Crippen LogP contribution is 2.34. The number of ether oxygens (including phenoxy) is 1. The molecule has 0 spiro atoms. The average Bonchev–Trinajstić information content (AvgIpc) is 3.09. The largest absolute Gasteiger partial charge is 0.489 e. The number of nitrogens with zero attached hydrogens (tertiary/aromatic N) is 1. The van der Waals surface area contributed by atoms with Gasteiger partial charge in [-0.05, 0) is 47.7 Å². The van der Waals surface area contributed by atoms with Crippen LogP contribution in [0, 0.1) is 0 Å². The fourth-order valence-electron chi connectivity index (χ4n) is 4.00. The highest BCUT2D eigenvalue weighted by molar-refractivity contribution is 6.02. The van der Waals surface area contributed by atoms with Gasteiger partial charge in [-0.3, -0.25) is 9.59 Å². The van der Waals surface area contributed by atoms with Crippen molar-refractivity contribution < 1.29 is 24.5 Å². The highest BCUT2D eigenvalue weighted by Gasteiger charge is 2.39. The van der Waals surface area contributed by atoms with E-state index in [-0.39, 0.29) is 31.6 Å². The molecule has 156 valence electrons. The Morgan fingerprint density at radius 2 is 1.93 bits per heavy atom. The van der Waals surface area contributed by atoms with E-state index < -0.39 is 6.04 Å². The number of rotatable bonds is 6. The van der Waals surface area contributed by atoms with Gasteiger partial charge in [-0.15, -0.1) is 0 Å². The molecule has 30 heavy (non-hydrogen) atoms. The Hall–Kier alpha value is -3.16. The Morgan fingerprint density at radius 1 is 1.13 bits per heavy atom. The Bertz CT molecular complexity index is 1020. The molecule has 1 fully saturated rings. The molecule has 1 atom stereocenters. The van der Waals surface area contributed by atoms with E-state index in [1.807, 2.05) is 12.1 Å². The van der Waals surface area contributed by atoms with Gasteiger partial charge in [0, 0.05) is 16.8 Å². The first-order valence-corrected chi connectivity index (χ1v) is 9.88. The fraction of sp³-hybridized carbons (Fsp3) is 0.304. The number of allylic oxidation sites excluding steroid dienone is 1. The van der Waals surface area contributed by atoms with Crippen molar-refractivity contribution in [3.8, 4) is 5.75 Å². The lowest BCUT2D eigenvalue weighted by Gasteiger charge is -2.31. The Labute approximate surface area is 174 Å². The normalized spacial score (nSPS) is 18.4. The monoisotopic (exact) mass is 408 g/mol. The third-order valence-electron chi connectivity index (χ3n) is 5.66.